The van der Waals surface area contributed by atoms with Crippen molar-refractivity contribution in [3.8, 4) is 0 Å². The van der Waals surface area contributed by atoms with Crippen LogP contribution in [0.25, 0.3) is 0 Å². The van der Waals surface area contributed by atoms with Gasteiger partial charge < -0.3 is 10.5 Å². The maximum Gasteiger partial charge on any atom is 0.390 e. The highest BCUT2D eigenvalue weighted by molar-refractivity contribution is 5.25. The van der Waals surface area contributed by atoms with Crippen molar-refractivity contribution in [3.63, 3.8) is 0 Å². The van der Waals surface area contributed by atoms with E-state index in [9.17, 15) is 13.2 Å². The molecular weight excluding hydrogens is 231 g/mol. The van der Waals surface area contributed by atoms with E-state index in [0.29, 0.717) is 12.2 Å². The number of benzene rings is 1. The first-order valence-corrected chi connectivity index (χ1v) is 5.32. The smallest absolute Gasteiger partial charge is 0.384 e. The van der Waals surface area contributed by atoms with E-state index in [1.54, 1.807) is 31.4 Å². The van der Waals surface area contributed by atoms with E-state index in [1.807, 2.05) is 0 Å². The zero-order chi connectivity index (χ0) is 12.9. The summed E-state index contributed by atoms with van der Waals surface area (Å²) in [6.07, 6.45) is -4.48. The molecule has 0 aromatic heterocycles. The monoisotopic (exact) mass is 247 g/mol. The zero-order valence-corrected chi connectivity index (χ0v) is 9.63. The Morgan fingerprint density at radius 2 is 1.82 bits per heavy atom. The molecule has 2 N–H and O–H groups in total. The summed E-state index contributed by atoms with van der Waals surface area (Å²) in [7, 11) is 1.60. The summed E-state index contributed by atoms with van der Waals surface area (Å²) in [4.78, 5) is 0. The minimum atomic E-state index is -4.23. The molecule has 1 aromatic carbocycles. The minimum Gasteiger partial charge on any atom is -0.384 e. The highest BCUT2D eigenvalue weighted by Crippen LogP contribution is 2.27. The molecule has 0 aliphatic rings. The highest BCUT2D eigenvalue weighted by Gasteiger charge is 2.30. The van der Waals surface area contributed by atoms with Crippen LogP contribution in [0.5, 0.6) is 0 Å². The Morgan fingerprint density at radius 3 is 2.29 bits per heavy atom. The fraction of sp³-hybridized carbons (Fsp3) is 0.500. The predicted molar refractivity (Wildman–Crippen MR) is 59.6 cm³/mol. The average molecular weight is 247 g/mol. The quantitative estimate of drug-likeness (QED) is 0.868. The van der Waals surface area contributed by atoms with Gasteiger partial charge in [-0.15, -0.1) is 0 Å². The molecular formula is C12H16F3NO. The van der Waals surface area contributed by atoms with Crippen LogP contribution in [0.1, 0.15) is 23.6 Å². The van der Waals surface area contributed by atoms with E-state index in [1.165, 1.54) is 0 Å². The molecule has 96 valence electrons. The van der Waals surface area contributed by atoms with Crippen LogP contribution >= 0.6 is 0 Å². The molecule has 17 heavy (non-hydrogen) atoms. The highest BCUT2D eigenvalue weighted by atomic mass is 19.4. The first-order chi connectivity index (χ1) is 7.92. The molecule has 1 atom stereocenters. The topological polar surface area (TPSA) is 35.2 Å². The Kier molecular flexibility index (Phi) is 4.96. The third-order valence-electron chi connectivity index (χ3n) is 2.45. The van der Waals surface area contributed by atoms with Gasteiger partial charge in [0.05, 0.1) is 13.0 Å². The Balaban J connectivity index is 2.60. The van der Waals surface area contributed by atoms with Gasteiger partial charge in [-0.25, -0.2) is 0 Å². The van der Waals surface area contributed by atoms with Crippen LogP contribution in [-0.4, -0.2) is 19.9 Å². The van der Waals surface area contributed by atoms with Crippen LogP contribution in [0.2, 0.25) is 0 Å². The Morgan fingerprint density at radius 1 is 1.24 bits per heavy atom. The van der Waals surface area contributed by atoms with Crippen LogP contribution in [0.15, 0.2) is 24.3 Å². The van der Waals surface area contributed by atoms with Crippen molar-refractivity contribution >= 4 is 0 Å². The fourth-order valence-electron chi connectivity index (χ4n) is 1.52. The first-order valence-electron chi connectivity index (χ1n) is 5.32. The standard InChI is InChI=1S/C12H16F3NO/c1-17-7-6-9-2-4-10(5-3-9)11(16)8-12(13,14)15/h2-5,11H,6-8,16H2,1H3. The van der Waals surface area contributed by atoms with Crippen molar-refractivity contribution in [1.29, 1.82) is 0 Å². The Bertz CT molecular complexity index is 335. The second-order valence-corrected chi connectivity index (χ2v) is 3.91. The van der Waals surface area contributed by atoms with Crippen LogP contribution in [0.4, 0.5) is 13.2 Å². The van der Waals surface area contributed by atoms with Crippen molar-refractivity contribution in [3.05, 3.63) is 35.4 Å². The molecule has 0 saturated heterocycles. The third-order valence-corrected chi connectivity index (χ3v) is 2.45. The summed E-state index contributed by atoms with van der Waals surface area (Å²) in [6, 6.07) is 5.85. The summed E-state index contributed by atoms with van der Waals surface area (Å²) in [5, 5.41) is 0. The third kappa shape index (κ3) is 5.19. The van der Waals surface area contributed by atoms with E-state index in [-0.39, 0.29) is 0 Å². The number of methoxy groups -OCH3 is 1. The van der Waals surface area contributed by atoms with E-state index in [2.05, 4.69) is 0 Å². The largest absolute Gasteiger partial charge is 0.390 e. The van der Waals surface area contributed by atoms with Crippen molar-refractivity contribution in [1.82, 2.24) is 0 Å². The van der Waals surface area contributed by atoms with Gasteiger partial charge in [0.25, 0.3) is 0 Å². The lowest BCUT2D eigenvalue weighted by Crippen LogP contribution is -2.20. The van der Waals surface area contributed by atoms with Crippen molar-refractivity contribution in [2.24, 2.45) is 5.73 Å². The number of hydrogen-bond donors (Lipinski definition) is 1. The fourth-order valence-corrected chi connectivity index (χ4v) is 1.52. The second-order valence-electron chi connectivity index (χ2n) is 3.91. The predicted octanol–water partition coefficient (Wildman–Crippen LogP) is 2.83. The summed E-state index contributed by atoms with van der Waals surface area (Å²) >= 11 is 0. The minimum absolute atomic E-state index is 0.503. The van der Waals surface area contributed by atoms with Gasteiger partial charge in [-0.05, 0) is 17.5 Å². The maximum absolute atomic E-state index is 12.1. The van der Waals surface area contributed by atoms with Gasteiger partial charge >= 0.3 is 6.18 Å². The molecule has 0 aliphatic heterocycles. The lowest BCUT2D eigenvalue weighted by atomic mass is 10.0. The second kappa shape index (κ2) is 6.02. The molecule has 1 unspecified atom stereocenters. The van der Waals surface area contributed by atoms with Gasteiger partial charge in [0.15, 0.2) is 0 Å². The molecule has 1 rings (SSSR count). The average Bonchev–Trinajstić information content (AvgIpc) is 2.24. The normalized spacial score (nSPS) is 13.7. The summed E-state index contributed by atoms with van der Waals surface area (Å²) in [5.41, 5.74) is 7.01. The van der Waals surface area contributed by atoms with Crippen LogP contribution in [0, 0.1) is 0 Å². The molecule has 0 heterocycles. The number of halogens is 3. The molecule has 0 radical (unpaired) electrons. The van der Waals surface area contributed by atoms with Crippen LogP contribution < -0.4 is 5.73 Å². The Hall–Kier alpha value is -1.07. The van der Waals surface area contributed by atoms with E-state index >= 15 is 0 Å². The van der Waals surface area contributed by atoms with E-state index < -0.39 is 18.6 Å². The number of rotatable bonds is 5. The Labute approximate surface area is 98.6 Å². The summed E-state index contributed by atoms with van der Waals surface area (Å²) in [6.45, 7) is 0.591. The first kappa shape index (κ1) is 14.0. The number of nitrogens with two attached hydrogens (primary N) is 1. The molecule has 5 heteroatoms. The van der Waals surface area contributed by atoms with Crippen molar-refractivity contribution in [2.45, 2.75) is 25.1 Å². The lowest BCUT2D eigenvalue weighted by Gasteiger charge is -2.14. The van der Waals surface area contributed by atoms with Gasteiger partial charge in [0.1, 0.15) is 0 Å². The molecule has 2 nitrogen and oxygen atoms in total. The van der Waals surface area contributed by atoms with Crippen LogP contribution in [-0.2, 0) is 11.2 Å². The summed E-state index contributed by atoms with van der Waals surface area (Å²) in [5.74, 6) is 0. The lowest BCUT2D eigenvalue weighted by molar-refractivity contribution is -0.138. The van der Waals surface area contributed by atoms with Crippen LogP contribution in [0.3, 0.4) is 0 Å². The van der Waals surface area contributed by atoms with E-state index in [0.717, 1.165) is 12.0 Å². The number of hydrogen-bond acceptors (Lipinski definition) is 2. The zero-order valence-electron chi connectivity index (χ0n) is 9.63. The molecule has 0 bridgehead atoms. The van der Waals surface area contributed by atoms with Gasteiger partial charge in [-0.1, -0.05) is 24.3 Å². The molecule has 0 spiro atoms. The maximum atomic E-state index is 12.1. The molecule has 1 aromatic rings. The van der Waals surface area contributed by atoms with Gasteiger partial charge in [0.2, 0.25) is 0 Å². The van der Waals surface area contributed by atoms with Crippen molar-refractivity contribution < 1.29 is 17.9 Å². The molecule has 0 fully saturated rings. The SMILES string of the molecule is COCCc1ccc(C(N)CC(F)(F)F)cc1. The number of ether oxygens (including phenoxy) is 1. The summed E-state index contributed by atoms with van der Waals surface area (Å²) < 4.78 is 41.3. The molecule has 0 amide bonds. The van der Waals surface area contributed by atoms with Gasteiger partial charge in [-0.2, -0.15) is 13.2 Å². The van der Waals surface area contributed by atoms with E-state index in [4.69, 9.17) is 10.5 Å². The number of alkyl halides is 3. The van der Waals surface area contributed by atoms with Gasteiger partial charge in [0, 0.05) is 13.2 Å². The molecule has 0 saturated carbocycles. The molecule has 0 aliphatic carbocycles. The van der Waals surface area contributed by atoms with Gasteiger partial charge in [-0.3, -0.25) is 0 Å². The van der Waals surface area contributed by atoms with Crippen molar-refractivity contribution in [2.75, 3.05) is 13.7 Å².